The molecule has 0 aliphatic carbocycles. The lowest BCUT2D eigenvalue weighted by Gasteiger charge is -2.26. The third kappa shape index (κ3) is 2.85. The molecule has 0 fully saturated rings. The molecule has 2 heterocycles. The number of amidine groups is 1. The van der Waals surface area contributed by atoms with Gasteiger partial charge in [-0.25, -0.2) is 0 Å². The Hall–Kier alpha value is -1.69. The number of fused-ring (bicyclic) bond motifs is 1. The summed E-state index contributed by atoms with van der Waals surface area (Å²) in [5.74, 6) is 2.30. The highest BCUT2D eigenvalue weighted by molar-refractivity contribution is 8.14. The van der Waals surface area contributed by atoms with Crippen molar-refractivity contribution >= 4 is 22.8 Å². The molecule has 0 saturated carbocycles. The average molecular weight is 306 g/mol. The molecule has 0 spiro atoms. The molecule has 6 heteroatoms. The molecule has 2 aliphatic rings. The molecule has 0 saturated heterocycles. The molecular weight excluding hydrogens is 288 g/mol. The summed E-state index contributed by atoms with van der Waals surface area (Å²) in [5, 5.41) is 3.61. The number of benzene rings is 1. The maximum atomic E-state index is 12.5. The van der Waals surface area contributed by atoms with Gasteiger partial charge < -0.3 is 14.8 Å². The van der Waals surface area contributed by atoms with Crippen LogP contribution < -0.4 is 14.8 Å². The Balaban J connectivity index is 1.81. The number of amides is 1. The number of nitrogens with zero attached hydrogens (tertiary/aromatic N) is 1. The monoisotopic (exact) mass is 306 g/mol. The van der Waals surface area contributed by atoms with Gasteiger partial charge in [-0.3, -0.25) is 9.79 Å². The number of hydrogen-bond donors (Lipinski definition) is 1. The molecule has 1 aromatic rings. The van der Waals surface area contributed by atoms with E-state index in [1.807, 2.05) is 32.0 Å². The Morgan fingerprint density at radius 2 is 2.05 bits per heavy atom. The van der Waals surface area contributed by atoms with Crippen molar-refractivity contribution in [2.45, 2.75) is 19.3 Å². The third-order valence-electron chi connectivity index (χ3n) is 3.64. The van der Waals surface area contributed by atoms with Crippen molar-refractivity contribution in [3.8, 4) is 11.5 Å². The van der Waals surface area contributed by atoms with Gasteiger partial charge in [-0.15, -0.1) is 0 Å². The quantitative estimate of drug-likeness (QED) is 0.907. The first-order valence-corrected chi connectivity index (χ1v) is 7.95. The van der Waals surface area contributed by atoms with Crippen molar-refractivity contribution in [2.75, 3.05) is 25.5 Å². The van der Waals surface area contributed by atoms with E-state index in [1.165, 1.54) is 0 Å². The molecule has 0 aromatic heterocycles. The smallest absolute Gasteiger partial charge is 0.236 e. The highest BCUT2D eigenvalue weighted by Crippen LogP contribution is 2.35. The summed E-state index contributed by atoms with van der Waals surface area (Å²) >= 11 is 1.58. The van der Waals surface area contributed by atoms with Crippen molar-refractivity contribution in [1.29, 1.82) is 0 Å². The van der Waals surface area contributed by atoms with Gasteiger partial charge in [0, 0.05) is 5.75 Å². The van der Waals surface area contributed by atoms with Gasteiger partial charge in [0.05, 0.1) is 12.0 Å². The van der Waals surface area contributed by atoms with E-state index in [0.29, 0.717) is 24.1 Å². The SMILES string of the molecule is CC(C)(C(=O)NC1=NCCS1)c1ccc2c(c1)OCCO2. The van der Waals surface area contributed by atoms with Gasteiger partial charge in [-0.05, 0) is 31.5 Å². The average Bonchev–Trinajstić information content (AvgIpc) is 2.99. The lowest BCUT2D eigenvalue weighted by molar-refractivity contribution is -0.124. The van der Waals surface area contributed by atoms with Crippen LogP contribution in [0.2, 0.25) is 0 Å². The van der Waals surface area contributed by atoms with Gasteiger partial charge in [-0.2, -0.15) is 0 Å². The molecule has 112 valence electrons. The maximum Gasteiger partial charge on any atom is 0.236 e. The minimum absolute atomic E-state index is 0.0627. The molecule has 3 rings (SSSR count). The molecule has 1 amide bonds. The number of thioether (sulfide) groups is 1. The van der Waals surface area contributed by atoms with E-state index in [4.69, 9.17) is 9.47 Å². The first-order valence-electron chi connectivity index (χ1n) is 6.96. The van der Waals surface area contributed by atoms with Crippen LogP contribution in [0.5, 0.6) is 11.5 Å². The van der Waals surface area contributed by atoms with E-state index in [2.05, 4.69) is 10.3 Å². The molecule has 5 nitrogen and oxygen atoms in total. The second-order valence-electron chi connectivity index (χ2n) is 5.47. The molecule has 1 N–H and O–H groups in total. The number of aliphatic imine (C=N–C) groups is 1. The zero-order valence-electron chi connectivity index (χ0n) is 12.1. The fraction of sp³-hybridized carbons (Fsp3) is 0.467. The summed E-state index contributed by atoms with van der Waals surface area (Å²) in [4.78, 5) is 16.8. The Bertz CT molecular complexity index is 599. The Labute approximate surface area is 128 Å². The summed E-state index contributed by atoms with van der Waals surface area (Å²) < 4.78 is 11.1. The number of nitrogens with one attached hydrogen (secondary N) is 1. The van der Waals surface area contributed by atoms with E-state index >= 15 is 0 Å². The van der Waals surface area contributed by atoms with Crippen LogP contribution >= 0.6 is 11.8 Å². The minimum Gasteiger partial charge on any atom is -0.486 e. The molecule has 0 atom stereocenters. The van der Waals surface area contributed by atoms with Crippen LogP contribution in [-0.4, -0.2) is 36.6 Å². The minimum atomic E-state index is -0.665. The lowest BCUT2D eigenvalue weighted by atomic mass is 9.83. The Morgan fingerprint density at radius 3 is 2.76 bits per heavy atom. The topological polar surface area (TPSA) is 59.9 Å². The maximum absolute atomic E-state index is 12.5. The van der Waals surface area contributed by atoms with Gasteiger partial charge in [0.1, 0.15) is 13.2 Å². The number of carbonyl (C=O) groups is 1. The van der Waals surface area contributed by atoms with Crippen LogP contribution in [0.15, 0.2) is 23.2 Å². The fourth-order valence-corrected chi connectivity index (χ4v) is 2.95. The van der Waals surface area contributed by atoms with Crippen LogP contribution in [0, 0.1) is 0 Å². The van der Waals surface area contributed by atoms with E-state index in [1.54, 1.807) is 11.8 Å². The van der Waals surface area contributed by atoms with Gasteiger partial charge in [0.15, 0.2) is 16.7 Å². The van der Waals surface area contributed by atoms with Gasteiger partial charge in [0.2, 0.25) is 5.91 Å². The second-order valence-corrected chi connectivity index (χ2v) is 6.56. The molecule has 0 unspecified atom stereocenters. The number of rotatable bonds is 2. The Kier molecular flexibility index (Phi) is 3.80. The molecule has 0 bridgehead atoms. The molecule has 0 radical (unpaired) electrons. The third-order valence-corrected chi connectivity index (χ3v) is 4.53. The van der Waals surface area contributed by atoms with E-state index in [0.717, 1.165) is 23.6 Å². The predicted octanol–water partition coefficient (Wildman–Crippen LogP) is 1.95. The summed E-state index contributed by atoms with van der Waals surface area (Å²) in [6.45, 7) is 5.66. The Morgan fingerprint density at radius 1 is 1.29 bits per heavy atom. The molecule has 2 aliphatic heterocycles. The summed E-state index contributed by atoms with van der Waals surface area (Å²) in [5.41, 5.74) is 0.231. The van der Waals surface area contributed by atoms with Crippen LogP contribution in [0.3, 0.4) is 0 Å². The number of ether oxygens (including phenoxy) is 2. The summed E-state index contributed by atoms with van der Waals surface area (Å²) in [7, 11) is 0. The first-order chi connectivity index (χ1) is 10.1. The van der Waals surface area contributed by atoms with E-state index in [-0.39, 0.29) is 5.91 Å². The molecular formula is C15H18N2O3S. The van der Waals surface area contributed by atoms with Crippen molar-refractivity contribution < 1.29 is 14.3 Å². The van der Waals surface area contributed by atoms with Gasteiger partial charge in [0.25, 0.3) is 0 Å². The van der Waals surface area contributed by atoms with Crippen molar-refractivity contribution in [3.05, 3.63) is 23.8 Å². The van der Waals surface area contributed by atoms with Gasteiger partial charge >= 0.3 is 0 Å². The van der Waals surface area contributed by atoms with Crippen LogP contribution in [-0.2, 0) is 10.2 Å². The lowest BCUT2D eigenvalue weighted by Crippen LogP contribution is -2.42. The van der Waals surface area contributed by atoms with E-state index in [9.17, 15) is 4.79 Å². The molecule has 21 heavy (non-hydrogen) atoms. The normalized spacial score (nSPS) is 17.3. The second kappa shape index (κ2) is 5.60. The highest BCUT2D eigenvalue weighted by atomic mass is 32.2. The fourth-order valence-electron chi connectivity index (χ4n) is 2.23. The van der Waals surface area contributed by atoms with Crippen LogP contribution in [0.25, 0.3) is 0 Å². The summed E-state index contributed by atoms with van der Waals surface area (Å²) in [6, 6.07) is 5.66. The van der Waals surface area contributed by atoms with E-state index < -0.39 is 5.41 Å². The largest absolute Gasteiger partial charge is 0.486 e. The molecule has 1 aromatic carbocycles. The zero-order valence-corrected chi connectivity index (χ0v) is 13.0. The van der Waals surface area contributed by atoms with Crippen molar-refractivity contribution in [3.63, 3.8) is 0 Å². The highest BCUT2D eigenvalue weighted by Gasteiger charge is 2.32. The van der Waals surface area contributed by atoms with Crippen LogP contribution in [0.4, 0.5) is 0 Å². The standard InChI is InChI=1S/C15H18N2O3S/c1-15(2,13(18)17-14-16-5-8-21-14)10-3-4-11-12(9-10)20-7-6-19-11/h3-4,9H,5-8H2,1-2H3,(H,16,17,18). The first kappa shape index (κ1) is 14.3. The van der Waals surface area contributed by atoms with Crippen molar-refractivity contribution in [2.24, 2.45) is 4.99 Å². The number of carbonyl (C=O) groups excluding carboxylic acids is 1. The van der Waals surface area contributed by atoms with Gasteiger partial charge in [-0.1, -0.05) is 17.8 Å². The summed E-state index contributed by atoms with van der Waals surface area (Å²) in [6.07, 6.45) is 0. The van der Waals surface area contributed by atoms with Crippen molar-refractivity contribution in [1.82, 2.24) is 5.32 Å². The number of hydrogen-bond acceptors (Lipinski definition) is 5. The van der Waals surface area contributed by atoms with Crippen LogP contribution in [0.1, 0.15) is 19.4 Å². The predicted molar refractivity (Wildman–Crippen MR) is 83.4 cm³/mol. The zero-order chi connectivity index (χ0) is 14.9.